The minimum atomic E-state index is -0.142. The Bertz CT molecular complexity index is 783. The Morgan fingerprint density at radius 3 is 2.12 bits per heavy atom. The zero-order valence-corrected chi connectivity index (χ0v) is 15.7. The summed E-state index contributed by atoms with van der Waals surface area (Å²) in [7, 11) is 0. The lowest BCUT2D eigenvalue weighted by atomic mass is 10.1. The summed E-state index contributed by atoms with van der Waals surface area (Å²) >= 11 is 0. The predicted molar refractivity (Wildman–Crippen MR) is 103 cm³/mol. The van der Waals surface area contributed by atoms with E-state index in [0.717, 1.165) is 28.1 Å². The summed E-state index contributed by atoms with van der Waals surface area (Å²) in [5, 5.41) is 0. The van der Waals surface area contributed by atoms with Gasteiger partial charge in [0.15, 0.2) is 0 Å². The molecule has 0 atom stereocenters. The maximum Gasteiger partial charge on any atom is 0.247 e. The number of aryl methyl sites for hydroxylation is 3. The van der Waals surface area contributed by atoms with E-state index in [9.17, 15) is 9.59 Å². The largest absolute Gasteiger partial charge is 0.311 e. The highest BCUT2D eigenvalue weighted by atomic mass is 16.2. The molecule has 0 bridgehead atoms. The molecule has 2 amide bonds. The molecule has 0 saturated carbocycles. The van der Waals surface area contributed by atoms with Crippen molar-refractivity contribution in [1.82, 2.24) is 0 Å². The van der Waals surface area contributed by atoms with Crippen molar-refractivity contribution in [2.75, 3.05) is 22.9 Å². The van der Waals surface area contributed by atoms with Crippen LogP contribution in [0.4, 0.5) is 11.4 Å². The first-order valence-electron chi connectivity index (χ1n) is 8.56. The fourth-order valence-electron chi connectivity index (χ4n) is 2.80. The first-order chi connectivity index (χ1) is 11.8. The van der Waals surface area contributed by atoms with Gasteiger partial charge in [-0.15, -0.1) is 0 Å². The van der Waals surface area contributed by atoms with Gasteiger partial charge in [0, 0.05) is 24.8 Å². The first kappa shape index (κ1) is 18.7. The minimum Gasteiger partial charge on any atom is -0.311 e. The Labute approximate surface area is 150 Å². The molecular weight excluding hydrogens is 312 g/mol. The van der Waals surface area contributed by atoms with Crippen LogP contribution in [0.15, 0.2) is 42.5 Å². The van der Waals surface area contributed by atoms with Gasteiger partial charge in [-0.2, -0.15) is 0 Å². The molecule has 0 spiro atoms. The zero-order chi connectivity index (χ0) is 18.6. The molecule has 4 heteroatoms. The Balaban J connectivity index is 2.27. The fraction of sp³-hybridized carbons (Fsp3) is 0.333. The Morgan fingerprint density at radius 2 is 1.56 bits per heavy atom. The van der Waals surface area contributed by atoms with E-state index in [4.69, 9.17) is 0 Å². The number of carbonyl (C=O) groups is 2. The van der Waals surface area contributed by atoms with Gasteiger partial charge in [-0.05, 0) is 68.7 Å². The lowest BCUT2D eigenvalue weighted by Crippen LogP contribution is -2.42. The molecule has 0 heterocycles. The van der Waals surface area contributed by atoms with E-state index in [1.807, 2.05) is 70.2 Å². The molecule has 0 N–H and O–H groups in total. The van der Waals surface area contributed by atoms with E-state index in [0.29, 0.717) is 6.54 Å². The Hall–Kier alpha value is -2.62. The molecule has 2 aromatic carbocycles. The number of amides is 2. The van der Waals surface area contributed by atoms with Crippen LogP contribution in [0.2, 0.25) is 0 Å². The van der Waals surface area contributed by atoms with Crippen LogP contribution in [0.5, 0.6) is 0 Å². The molecule has 0 saturated heterocycles. The van der Waals surface area contributed by atoms with Crippen LogP contribution in [0.25, 0.3) is 0 Å². The van der Waals surface area contributed by atoms with Crippen molar-refractivity contribution in [3.8, 4) is 0 Å². The number of rotatable bonds is 5. The topological polar surface area (TPSA) is 40.6 Å². The average Bonchev–Trinajstić information content (AvgIpc) is 2.56. The van der Waals surface area contributed by atoms with Gasteiger partial charge in [-0.1, -0.05) is 18.2 Å². The third-order valence-electron chi connectivity index (χ3n) is 4.41. The number of nitrogens with zero attached hydrogens (tertiary/aromatic N) is 2. The normalized spacial score (nSPS) is 10.4. The lowest BCUT2D eigenvalue weighted by Gasteiger charge is -2.27. The van der Waals surface area contributed by atoms with Gasteiger partial charge in [0.05, 0.1) is 0 Å². The minimum absolute atomic E-state index is 0.0274. The quantitative estimate of drug-likeness (QED) is 0.826. The SMILES string of the molecule is CCN(C(=O)CN(C(C)=O)c1ccc(C)c(C)c1)c1cccc(C)c1. The summed E-state index contributed by atoms with van der Waals surface area (Å²) in [6.07, 6.45) is 0. The van der Waals surface area contributed by atoms with Crippen molar-refractivity contribution >= 4 is 23.2 Å². The maximum absolute atomic E-state index is 12.9. The van der Waals surface area contributed by atoms with Crippen molar-refractivity contribution in [2.24, 2.45) is 0 Å². The van der Waals surface area contributed by atoms with Crippen LogP contribution in [0.1, 0.15) is 30.5 Å². The van der Waals surface area contributed by atoms with Crippen molar-refractivity contribution in [1.29, 1.82) is 0 Å². The summed E-state index contributed by atoms with van der Waals surface area (Å²) in [5.41, 5.74) is 4.97. The third-order valence-corrected chi connectivity index (χ3v) is 4.41. The maximum atomic E-state index is 12.9. The molecule has 0 radical (unpaired) electrons. The highest BCUT2D eigenvalue weighted by molar-refractivity contribution is 6.03. The number of likely N-dealkylation sites (N-methyl/N-ethyl adjacent to an activating group) is 1. The molecule has 4 nitrogen and oxygen atoms in total. The summed E-state index contributed by atoms with van der Waals surface area (Å²) in [4.78, 5) is 28.2. The second-order valence-corrected chi connectivity index (χ2v) is 6.35. The molecule has 2 aromatic rings. The molecule has 2 rings (SSSR count). The van der Waals surface area contributed by atoms with E-state index in [1.165, 1.54) is 11.8 Å². The molecule has 0 fully saturated rings. The number of anilines is 2. The molecule has 0 aliphatic carbocycles. The van der Waals surface area contributed by atoms with Crippen LogP contribution in [0, 0.1) is 20.8 Å². The van der Waals surface area contributed by atoms with E-state index in [1.54, 1.807) is 4.90 Å². The lowest BCUT2D eigenvalue weighted by molar-refractivity contribution is -0.121. The van der Waals surface area contributed by atoms with Gasteiger partial charge in [0.2, 0.25) is 11.8 Å². The summed E-state index contributed by atoms with van der Waals surface area (Å²) in [6.45, 7) is 10.0. The van der Waals surface area contributed by atoms with Gasteiger partial charge in [0.1, 0.15) is 6.54 Å². The molecule has 0 aliphatic rings. The molecule has 132 valence electrons. The molecule has 25 heavy (non-hydrogen) atoms. The van der Waals surface area contributed by atoms with Crippen LogP contribution >= 0.6 is 0 Å². The smallest absolute Gasteiger partial charge is 0.247 e. The first-order valence-corrected chi connectivity index (χ1v) is 8.56. The number of hydrogen-bond acceptors (Lipinski definition) is 2. The summed E-state index contributed by atoms with van der Waals surface area (Å²) < 4.78 is 0. The van der Waals surface area contributed by atoms with Crippen LogP contribution in [-0.2, 0) is 9.59 Å². The molecule has 0 unspecified atom stereocenters. The van der Waals surface area contributed by atoms with Gasteiger partial charge < -0.3 is 9.80 Å². The summed E-state index contributed by atoms with van der Waals surface area (Å²) in [6, 6.07) is 13.7. The van der Waals surface area contributed by atoms with Crippen molar-refractivity contribution in [2.45, 2.75) is 34.6 Å². The third kappa shape index (κ3) is 4.47. The average molecular weight is 338 g/mol. The zero-order valence-electron chi connectivity index (χ0n) is 15.7. The standard InChI is InChI=1S/C21H26N2O2/c1-6-22(19-9-7-8-15(2)12-19)21(25)14-23(18(5)24)20-11-10-16(3)17(4)13-20/h7-13H,6,14H2,1-5H3. The van der Waals surface area contributed by atoms with Crippen LogP contribution in [0.3, 0.4) is 0 Å². The molecular formula is C21H26N2O2. The number of hydrogen-bond donors (Lipinski definition) is 0. The van der Waals surface area contributed by atoms with E-state index >= 15 is 0 Å². The Morgan fingerprint density at radius 1 is 0.880 bits per heavy atom. The van der Waals surface area contributed by atoms with E-state index < -0.39 is 0 Å². The molecule has 0 aromatic heterocycles. The second kappa shape index (κ2) is 7.97. The summed E-state index contributed by atoms with van der Waals surface area (Å²) in [5.74, 6) is -0.238. The van der Waals surface area contributed by atoms with Crippen LogP contribution < -0.4 is 9.80 Å². The van der Waals surface area contributed by atoms with Gasteiger partial charge in [-0.25, -0.2) is 0 Å². The monoisotopic (exact) mass is 338 g/mol. The molecule has 0 aliphatic heterocycles. The predicted octanol–water partition coefficient (Wildman–Crippen LogP) is 4.02. The highest BCUT2D eigenvalue weighted by Gasteiger charge is 2.21. The highest BCUT2D eigenvalue weighted by Crippen LogP contribution is 2.21. The van der Waals surface area contributed by atoms with Gasteiger partial charge in [-0.3, -0.25) is 9.59 Å². The van der Waals surface area contributed by atoms with E-state index in [-0.39, 0.29) is 18.4 Å². The number of carbonyl (C=O) groups excluding carboxylic acids is 2. The van der Waals surface area contributed by atoms with Crippen molar-refractivity contribution < 1.29 is 9.59 Å². The van der Waals surface area contributed by atoms with Gasteiger partial charge in [0.25, 0.3) is 0 Å². The van der Waals surface area contributed by atoms with Crippen molar-refractivity contribution in [3.63, 3.8) is 0 Å². The second-order valence-electron chi connectivity index (χ2n) is 6.35. The van der Waals surface area contributed by atoms with Gasteiger partial charge >= 0.3 is 0 Å². The van der Waals surface area contributed by atoms with Crippen LogP contribution in [-0.4, -0.2) is 24.9 Å². The number of benzene rings is 2. The van der Waals surface area contributed by atoms with Crippen molar-refractivity contribution in [3.05, 3.63) is 59.2 Å². The Kier molecular flexibility index (Phi) is 5.97. The van der Waals surface area contributed by atoms with E-state index in [2.05, 4.69) is 0 Å². The fourth-order valence-corrected chi connectivity index (χ4v) is 2.80.